The summed E-state index contributed by atoms with van der Waals surface area (Å²) in [6, 6.07) is 12.9. The Kier molecular flexibility index (Phi) is 7.74. The number of rotatable bonds is 9. The van der Waals surface area contributed by atoms with Crippen molar-refractivity contribution >= 4 is 23.5 Å². The van der Waals surface area contributed by atoms with Gasteiger partial charge in [-0.15, -0.1) is 0 Å². The molecule has 3 rings (SSSR count). The lowest BCUT2D eigenvalue weighted by molar-refractivity contribution is -0.115. The lowest BCUT2D eigenvalue weighted by Gasteiger charge is -2.25. The number of amides is 2. The SMILES string of the molecule is Cc1nccn1-c1cccc(C(=O)CC(=O)Nc2cc(C(C)C)ccc2CC(C)(C)OC(N)=O)c1. The molecule has 8 nitrogen and oxygen atoms in total. The second-order valence-electron chi connectivity index (χ2n) is 9.47. The number of hydrogen-bond donors (Lipinski definition) is 2. The third-order valence-corrected chi connectivity index (χ3v) is 5.66. The molecular formula is C27H32N4O4. The van der Waals surface area contributed by atoms with Crippen LogP contribution in [0.4, 0.5) is 10.5 Å². The smallest absolute Gasteiger partial charge is 0.405 e. The van der Waals surface area contributed by atoms with E-state index in [1.807, 2.05) is 42.0 Å². The Bertz CT molecular complexity index is 1240. The molecule has 0 aliphatic rings. The minimum atomic E-state index is -0.869. The van der Waals surface area contributed by atoms with E-state index in [0.29, 0.717) is 17.7 Å². The molecule has 0 radical (unpaired) electrons. The number of imidazole rings is 1. The van der Waals surface area contributed by atoms with Crippen LogP contribution >= 0.6 is 0 Å². The van der Waals surface area contributed by atoms with E-state index < -0.39 is 17.6 Å². The van der Waals surface area contributed by atoms with E-state index in [0.717, 1.165) is 22.6 Å². The first-order chi connectivity index (χ1) is 16.4. The Balaban J connectivity index is 1.79. The first-order valence-corrected chi connectivity index (χ1v) is 11.5. The number of aromatic nitrogens is 2. The fraction of sp³-hybridized carbons (Fsp3) is 0.333. The Hall–Kier alpha value is -3.94. The summed E-state index contributed by atoms with van der Waals surface area (Å²) in [5.41, 5.74) is 7.97. The lowest BCUT2D eigenvalue weighted by atomic mass is 9.93. The van der Waals surface area contributed by atoms with Gasteiger partial charge in [0, 0.05) is 35.8 Å². The maximum atomic E-state index is 12.9. The highest BCUT2D eigenvalue weighted by atomic mass is 16.6. The van der Waals surface area contributed by atoms with Crippen LogP contribution in [0.25, 0.3) is 5.69 Å². The molecular weight excluding hydrogens is 444 g/mol. The fourth-order valence-corrected chi connectivity index (χ4v) is 3.91. The van der Waals surface area contributed by atoms with Crippen LogP contribution in [0.3, 0.4) is 0 Å². The molecule has 0 unspecified atom stereocenters. The molecule has 3 N–H and O–H groups in total. The van der Waals surface area contributed by atoms with Crippen molar-refractivity contribution in [3.63, 3.8) is 0 Å². The number of ketones is 1. The molecule has 3 aromatic rings. The highest BCUT2D eigenvalue weighted by Crippen LogP contribution is 2.28. The average Bonchev–Trinajstić information content (AvgIpc) is 3.19. The topological polar surface area (TPSA) is 116 Å². The predicted molar refractivity (Wildman–Crippen MR) is 135 cm³/mol. The van der Waals surface area contributed by atoms with Gasteiger partial charge in [0.1, 0.15) is 11.4 Å². The monoisotopic (exact) mass is 476 g/mol. The maximum absolute atomic E-state index is 12.9. The molecule has 0 aliphatic heterocycles. The standard InChI is InChI=1S/C27H32N4O4/c1-17(2)19-9-10-21(16-27(4,5)35-26(28)34)23(14-19)30-25(33)15-24(32)20-7-6-8-22(13-20)31-12-11-29-18(31)3/h6-14,17H,15-16H2,1-5H3,(H2,28,34)(H,30,33). The number of nitrogens with zero attached hydrogens (tertiary/aromatic N) is 2. The molecule has 1 aromatic heterocycles. The summed E-state index contributed by atoms with van der Waals surface area (Å²) in [5, 5.41) is 2.89. The number of ether oxygens (including phenoxy) is 1. The van der Waals surface area contributed by atoms with Crippen LogP contribution in [0.2, 0.25) is 0 Å². The van der Waals surface area contributed by atoms with E-state index in [9.17, 15) is 14.4 Å². The first kappa shape index (κ1) is 25.7. The van der Waals surface area contributed by atoms with Gasteiger partial charge in [-0.2, -0.15) is 0 Å². The zero-order valence-electron chi connectivity index (χ0n) is 20.8. The van der Waals surface area contributed by atoms with Crippen molar-refractivity contribution in [3.05, 3.63) is 77.4 Å². The molecule has 0 fully saturated rings. The van der Waals surface area contributed by atoms with E-state index in [-0.39, 0.29) is 18.1 Å². The van der Waals surface area contributed by atoms with Gasteiger partial charge in [0.25, 0.3) is 0 Å². The highest BCUT2D eigenvalue weighted by Gasteiger charge is 2.25. The van der Waals surface area contributed by atoms with Crippen LogP contribution in [-0.4, -0.2) is 32.9 Å². The predicted octanol–water partition coefficient (Wildman–Crippen LogP) is 4.93. The minimum absolute atomic E-state index is 0.241. The number of nitrogens with two attached hydrogens (primary N) is 1. The molecule has 0 saturated carbocycles. The van der Waals surface area contributed by atoms with Crippen LogP contribution in [0.1, 0.15) is 67.3 Å². The summed E-state index contributed by atoms with van der Waals surface area (Å²) in [6.07, 6.45) is 2.68. The number of carbonyl (C=O) groups excluding carboxylic acids is 3. The number of anilines is 1. The molecule has 0 saturated heterocycles. The fourth-order valence-electron chi connectivity index (χ4n) is 3.91. The number of primary amides is 1. The van der Waals surface area contributed by atoms with E-state index in [1.54, 1.807) is 38.2 Å². The van der Waals surface area contributed by atoms with Crippen LogP contribution < -0.4 is 11.1 Å². The summed E-state index contributed by atoms with van der Waals surface area (Å²) < 4.78 is 7.09. The normalized spacial score (nSPS) is 11.4. The van der Waals surface area contributed by atoms with Crippen molar-refractivity contribution in [2.24, 2.45) is 5.73 Å². The van der Waals surface area contributed by atoms with E-state index >= 15 is 0 Å². The maximum Gasteiger partial charge on any atom is 0.405 e. The van der Waals surface area contributed by atoms with Gasteiger partial charge in [0.15, 0.2) is 5.78 Å². The summed E-state index contributed by atoms with van der Waals surface area (Å²) >= 11 is 0. The molecule has 0 aliphatic carbocycles. The van der Waals surface area contributed by atoms with Crippen molar-refractivity contribution in [1.29, 1.82) is 0 Å². The van der Waals surface area contributed by atoms with E-state index in [4.69, 9.17) is 10.5 Å². The Morgan fingerprint density at radius 1 is 1.14 bits per heavy atom. The number of carbonyl (C=O) groups is 3. The molecule has 1 heterocycles. The lowest BCUT2D eigenvalue weighted by Crippen LogP contribution is -2.33. The van der Waals surface area contributed by atoms with Gasteiger partial charge >= 0.3 is 6.09 Å². The minimum Gasteiger partial charge on any atom is -0.443 e. The quantitative estimate of drug-likeness (QED) is 0.335. The molecule has 35 heavy (non-hydrogen) atoms. The zero-order chi connectivity index (χ0) is 25.8. The summed E-state index contributed by atoms with van der Waals surface area (Å²) in [4.78, 5) is 41.3. The van der Waals surface area contributed by atoms with E-state index in [2.05, 4.69) is 24.1 Å². The van der Waals surface area contributed by atoms with Crippen molar-refractivity contribution in [3.8, 4) is 5.69 Å². The molecule has 8 heteroatoms. The van der Waals surface area contributed by atoms with Crippen molar-refractivity contribution in [2.75, 3.05) is 5.32 Å². The third-order valence-electron chi connectivity index (χ3n) is 5.66. The molecule has 184 valence electrons. The van der Waals surface area contributed by atoms with Gasteiger partial charge in [-0.05, 0) is 56.0 Å². The van der Waals surface area contributed by atoms with Crippen molar-refractivity contribution in [2.45, 2.75) is 59.0 Å². The second-order valence-corrected chi connectivity index (χ2v) is 9.47. The molecule has 2 aromatic carbocycles. The summed E-state index contributed by atoms with van der Waals surface area (Å²) in [7, 11) is 0. The van der Waals surface area contributed by atoms with Gasteiger partial charge in [-0.3, -0.25) is 9.59 Å². The summed E-state index contributed by atoms with van der Waals surface area (Å²) in [6.45, 7) is 9.48. The van der Waals surface area contributed by atoms with Crippen LogP contribution in [0.5, 0.6) is 0 Å². The number of benzene rings is 2. The molecule has 0 spiro atoms. The van der Waals surface area contributed by atoms with Gasteiger partial charge in [0.05, 0.1) is 6.42 Å². The van der Waals surface area contributed by atoms with Crippen molar-refractivity contribution < 1.29 is 19.1 Å². The van der Waals surface area contributed by atoms with Crippen LogP contribution in [-0.2, 0) is 16.0 Å². The largest absolute Gasteiger partial charge is 0.443 e. The average molecular weight is 477 g/mol. The summed E-state index contributed by atoms with van der Waals surface area (Å²) in [5.74, 6) is 0.329. The van der Waals surface area contributed by atoms with Crippen LogP contribution in [0.15, 0.2) is 54.9 Å². The second kappa shape index (κ2) is 10.5. The number of Topliss-reactive ketones (excluding diaryl/α,β-unsaturated/α-hetero) is 1. The highest BCUT2D eigenvalue weighted by molar-refractivity contribution is 6.11. The van der Waals surface area contributed by atoms with E-state index in [1.165, 1.54) is 0 Å². The number of nitrogens with one attached hydrogen (secondary N) is 1. The Labute approximate surface area is 205 Å². The van der Waals surface area contributed by atoms with Gasteiger partial charge in [-0.1, -0.05) is 38.1 Å². The van der Waals surface area contributed by atoms with Gasteiger partial charge in [-0.25, -0.2) is 9.78 Å². The van der Waals surface area contributed by atoms with Crippen molar-refractivity contribution in [1.82, 2.24) is 9.55 Å². The number of aryl methyl sites for hydroxylation is 1. The third kappa shape index (κ3) is 6.79. The molecule has 2 amide bonds. The zero-order valence-corrected chi connectivity index (χ0v) is 20.8. The van der Waals surface area contributed by atoms with Crippen LogP contribution in [0, 0.1) is 6.92 Å². The van der Waals surface area contributed by atoms with Gasteiger partial charge < -0.3 is 20.4 Å². The first-order valence-electron chi connectivity index (χ1n) is 11.5. The Morgan fingerprint density at radius 3 is 2.51 bits per heavy atom. The van der Waals surface area contributed by atoms with Gasteiger partial charge in [0.2, 0.25) is 5.91 Å². The molecule has 0 bridgehead atoms. The Morgan fingerprint density at radius 2 is 1.89 bits per heavy atom. The number of hydrogen-bond acceptors (Lipinski definition) is 5. The molecule has 0 atom stereocenters.